The minimum atomic E-state index is 0.298. The van der Waals surface area contributed by atoms with E-state index in [1.807, 2.05) is 31.2 Å². The van der Waals surface area contributed by atoms with Crippen LogP contribution in [-0.2, 0) is 6.54 Å². The Morgan fingerprint density at radius 2 is 2.10 bits per heavy atom. The van der Waals surface area contributed by atoms with Gasteiger partial charge in [0.25, 0.3) is 0 Å². The summed E-state index contributed by atoms with van der Waals surface area (Å²) in [5, 5.41) is 7.52. The summed E-state index contributed by atoms with van der Waals surface area (Å²) >= 11 is 0. The normalized spacial score (nSPS) is 10.7. The molecule has 6 heteroatoms. The van der Waals surface area contributed by atoms with Gasteiger partial charge in [0.1, 0.15) is 17.7 Å². The first kappa shape index (κ1) is 12.3. The van der Waals surface area contributed by atoms with Gasteiger partial charge in [-0.2, -0.15) is 0 Å². The third-order valence-electron chi connectivity index (χ3n) is 2.85. The third kappa shape index (κ3) is 2.49. The molecule has 0 radical (unpaired) electrons. The zero-order valence-electron chi connectivity index (χ0n) is 10.9. The van der Waals surface area contributed by atoms with Crippen LogP contribution in [0.25, 0.3) is 11.5 Å². The van der Waals surface area contributed by atoms with Crippen LogP contribution in [0.4, 0.5) is 0 Å². The lowest BCUT2D eigenvalue weighted by atomic mass is 10.1. The van der Waals surface area contributed by atoms with Crippen LogP contribution in [0.5, 0.6) is 0 Å². The fraction of sp³-hybridized carbons (Fsp3) is 0.143. The molecule has 1 aromatic carbocycles. The summed E-state index contributed by atoms with van der Waals surface area (Å²) in [6, 6.07) is 7.94. The quantitative estimate of drug-likeness (QED) is 0.677. The topological polar surface area (TPSA) is 73.8 Å². The number of hydrogen-bond donors (Lipinski definition) is 0. The third-order valence-corrected chi connectivity index (χ3v) is 2.85. The molecule has 0 aliphatic carbocycles. The number of oxazole rings is 1. The number of aryl methyl sites for hydroxylation is 1. The molecule has 0 N–H and O–H groups in total. The van der Waals surface area contributed by atoms with E-state index < -0.39 is 0 Å². The number of carbonyl (C=O) groups is 1. The first-order chi connectivity index (χ1) is 9.74. The van der Waals surface area contributed by atoms with Crippen molar-refractivity contribution in [1.29, 1.82) is 0 Å². The van der Waals surface area contributed by atoms with Crippen molar-refractivity contribution in [2.45, 2.75) is 13.5 Å². The molecule has 2 heterocycles. The molecule has 20 heavy (non-hydrogen) atoms. The minimum absolute atomic E-state index is 0.298. The van der Waals surface area contributed by atoms with E-state index in [0.29, 0.717) is 24.4 Å². The summed E-state index contributed by atoms with van der Waals surface area (Å²) in [5.41, 5.74) is 3.13. The van der Waals surface area contributed by atoms with Crippen molar-refractivity contribution < 1.29 is 9.21 Å². The Kier molecular flexibility index (Phi) is 3.12. The standard InChI is InChI=1S/C14H12N4O2/c1-10-2-4-11(5-3-10)14-15-13(9-20-14)7-18-6-12(8-19)16-17-18/h2-6,8-9H,7H2,1H3. The summed E-state index contributed by atoms with van der Waals surface area (Å²) < 4.78 is 7.00. The van der Waals surface area contributed by atoms with E-state index in [4.69, 9.17) is 4.42 Å². The number of rotatable bonds is 4. The highest BCUT2D eigenvalue weighted by Gasteiger charge is 2.08. The van der Waals surface area contributed by atoms with Gasteiger partial charge < -0.3 is 4.42 Å². The predicted molar refractivity (Wildman–Crippen MR) is 71.2 cm³/mol. The van der Waals surface area contributed by atoms with Crippen molar-refractivity contribution in [2.24, 2.45) is 0 Å². The van der Waals surface area contributed by atoms with Crippen molar-refractivity contribution in [3.05, 3.63) is 53.7 Å². The Morgan fingerprint density at radius 1 is 1.30 bits per heavy atom. The Balaban J connectivity index is 1.79. The zero-order valence-corrected chi connectivity index (χ0v) is 10.9. The molecular formula is C14H12N4O2. The van der Waals surface area contributed by atoms with Gasteiger partial charge in [-0.3, -0.25) is 4.79 Å². The minimum Gasteiger partial charge on any atom is -0.444 e. The molecule has 0 atom stereocenters. The highest BCUT2D eigenvalue weighted by Crippen LogP contribution is 2.19. The molecule has 0 aliphatic heterocycles. The van der Waals surface area contributed by atoms with Gasteiger partial charge in [0.15, 0.2) is 6.29 Å². The SMILES string of the molecule is Cc1ccc(-c2nc(Cn3cc(C=O)nn3)co2)cc1. The van der Waals surface area contributed by atoms with Crippen LogP contribution in [-0.4, -0.2) is 26.3 Å². The van der Waals surface area contributed by atoms with Crippen LogP contribution >= 0.6 is 0 Å². The van der Waals surface area contributed by atoms with Crippen molar-refractivity contribution in [3.63, 3.8) is 0 Å². The smallest absolute Gasteiger partial charge is 0.226 e. The summed E-state index contributed by atoms with van der Waals surface area (Å²) in [7, 11) is 0. The summed E-state index contributed by atoms with van der Waals surface area (Å²) in [4.78, 5) is 14.9. The molecular weight excluding hydrogens is 256 g/mol. The van der Waals surface area contributed by atoms with E-state index >= 15 is 0 Å². The molecule has 0 bridgehead atoms. The van der Waals surface area contributed by atoms with Gasteiger partial charge in [-0.25, -0.2) is 9.67 Å². The second-order valence-electron chi connectivity index (χ2n) is 4.47. The maximum absolute atomic E-state index is 10.5. The highest BCUT2D eigenvalue weighted by atomic mass is 16.3. The summed E-state index contributed by atoms with van der Waals surface area (Å²) in [6.07, 6.45) is 3.80. The van der Waals surface area contributed by atoms with Gasteiger partial charge in [-0.05, 0) is 19.1 Å². The number of carbonyl (C=O) groups excluding carboxylic acids is 1. The van der Waals surface area contributed by atoms with Crippen LogP contribution in [0.2, 0.25) is 0 Å². The monoisotopic (exact) mass is 268 g/mol. The van der Waals surface area contributed by atoms with Gasteiger partial charge in [0.05, 0.1) is 12.7 Å². The molecule has 100 valence electrons. The van der Waals surface area contributed by atoms with Crippen LogP contribution in [0.1, 0.15) is 21.7 Å². The van der Waals surface area contributed by atoms with Gasteiger partial charge in [0, 0.05) is 5.56 Å². The summed E-state index contributed by atoms with van der Waals surface area (Å²) in [6.45, 7) is 2.44. The molecule has 0 unspecified atom stereocenters. The Hall–Kier alpha value is -2.76. The van der Waals surface area contributed by atoms with Gasteiger partial charge in [-0.15, -0.1) is 5.10 Å². The number of benzene rings is 1. The highest BCUT2D eigenvalue weighted by molar-refractivity contribution is 5.70. The first-order valence-electron chi connectivity index (χ1n) is 6.11. The second-order valence-corrected chi connectivity index (χ2v) is 4.47. The molecule has 2 aromatic heterocycles. The lowest BCUT2D eigenvalue weighted by molar-refractivity contribution is 0.111. The van der Waals surface area contributed by atoms with E-state index in [-0.39, 0.29) is 0 Å². The Morgan fingerprint density at radius 3 is 2.80 bits per heavy atom. The molecule has 0 saturated carbocycles. The van der Waals surface area contributed by atoms with Crippen LogP contribution in [0.15, 0.2) is 41.1 Å². The second kappa shape index (κ2) is 5.08. The van der Waals surface area contributed by atoms with Crippen LogP contribution < -0.4 is 0 Å². The molecule has 0 fully saturated rings. The van der Waals surface area contributed by atoms with Gasteiger partial charge >= 0.3 is 0 Å². The predicted octanol–water partition coefficient (Wildman–Crippen LogP) is 2.10. The van der Waals surface area contributed by atoms with Crippen LogP contribution in [0, 0.1) is 6.92 Å². The molecule has 0 amide bonds. The lowest BCUT2D eigenvalue weighted by Crippen LogP contribution is -2.00. The Bertz CT molecular complexity index is 728. The first-order valence-corrected chi connectivity index (χ1v) is 6.11. The molecule has 0 spiro atoms. The van der Waals surface area contributed by atoms with Crippen molar-refractivity contribution in [1.82, 2.24) is 20.0 Å². The van der Waals surface area contributed by atoms with E-state index in [1.54, 1.807) is 17.1 Å². The number of aldehydes is 1. The number of aromatic nitrogens is 4. The summed E-state index contributed by atoms with van der Waals surface area (Å²) in [5.74, 6) is 0.565. The number of hydrogen-bond acceptors (Lipinski definition) is 5. The van der Waals surface area contributed by atoms with Gasteiger partial charge in [0.2, 0.25) is 5.89 Å². The Labute approximate surface area is 115 Å². The van der Waals surface area contributed by atoms with E-state index in [1.165, 1.54) is 5.56 Å². The zero-order chi connectivity index (χ0) is 13.9. The maximum Gasteiger partial charge on any atom is 0.226 e. The molecule has 3 rings (SSSR count). The van der Waals surface area contributed by atoms with Gasteiger partial charge in [-0.1, -0.05) is 22.9 Å². The molecule has 0 saturated heterocycles. The molecule has 3 aromatic rings. The largest absolute Gasteiger partial charge is 0.444 e. The molecule has 0 aliphatic rings. The number of nitrogens with zero attached hydrogens (tertiary/aromatic N) is 4. The van der Waals surface area contributed by atoms with E-state index in [9.17, 15) is 4.79 Å². The lowest BCUT2D eigenvalue weighted by Gasteiger charge is -1.96. The average Bonchev–Trinajstić information content (AvgIpc) is 3.09. The van der Waals surface area contributed by atoms with Crippen molar-refractivity contribution in [2.75, 3.05) is 0 Å². The van der Waals surface area contributed by atoms with Crippen LogP contribution in [0.3, 0.4) is 0 Å². The molecule has 6 nitrogen and oxygen atoms in total. The maximum atomic E-state index is 10.5. The fourth-order valence-corrected chi connectivity index (χ4v) is 1.82. The van der Waals surface area contributed by atoms with Crippen molar-refractivity contribution >= 4 is 6.29 Å². The fourth-order valence-electron chi connectivity index (χ4n) is 1.82. The van der Waals surface area contributed by atoms with Crippen molar-refractivity contribution in [3.8, 4) is 11.5 Å². The van der Waals surface area contributed by atoms with E-state index in [2.05, 4.69) is 15.3 Å². The van der Waals surface area contributed by atoms with E-state index in [0.717, 1.165) is 11.3 Å². The average molecular weight is 268 g/mol.